The predicted molar refractivity (Wildman–Crippen MR) is 110 cm³/mol. The lowest BCUT2D eigenvalue weighted by Gasteiger charge is -2.08. The fourth-order valence-corrected chi connectivity index (χ4v) is 3.07. The van der Waals surface area contributed by atoms with Crippen molar-refractivity contribution in [3.05, 3.63) is 89.2 Å². The van der Waals surface area contributed by atoms with Crippen molar-refractivity contribution in [1.29, 1.82) is 0 Å². The van der Waals surface area contributed by atoms with Crippen LogP contribution in [-0.4, -0.2) is 20.0 Å². The van der Waals surface area contributed by atoms with Gasteiger partial charge in [-0.05, 0) is 53.6 Å². The molecule has 5 heteroatoms. The van der Waals surface area contributed by atoms with Crippen LogP contribution in [0.2, 0.25) is 0 Å². The molecule has 0 bridgehead atoms. The van der Waals surface area contributed by atoms with Gasteiger partial charge in [-0.3, -0.25) is 4.79 Å². The second-order valence-corrected chi connectivity index (χ2v) is 6.51. The van der Waals surface area contributed by atoms with Crippen LogP contribution >= 0.6 is 0 Å². The Hall–Kier alpha value is -3.73. The Labute approximate surface area is 169 Å². The molecular formula is C24H20O5. The van der Waals surface area contributed by atoms with Gasteiger partial charge in [0.15, 0.2) is 5.76 Å². The summed E-state index contributed by atoms with van der Waals surface area (Å²) in [5.74, 6) is 2.74. The fraction of sp³-hybridized carbons (Fsp3) is 0.125. The number of hydrogen-bond donors (Lipinski definition) is 0. The Bertz CT molecular complexity index is 1080. The number of hydrogen-bond acceptors (Lipinski definition) is 5. The number of benzene rings is 3. The van der Waals surface area contributed by atoms with Gasteiger partial charge in [-0.15, -0.1) is 0 Å². The molecule has 4 rings (SSSR count). The highest BCUT2D eigenvalue weighted by Gasteiger charge is 2.27. The third-order valence-electron chi connectivity index (χ3n) is 4.57. The third kappa shape index (κ3) is 4.09. The minimum absolute atomic E-state index is 0.151. The summed E-state index contributed by atoms with van der Waals surface area (Å²) >= 11 is 0. The summed E-state index contributed by atoms with van der Waals surface area (Å²) in [6, 6.07) is 20.4. The first kappa shape index (κ1) is 18.6. The molecule has 3 aromatic rings. The van der Waals surface area contributed by atoms with E-state index in [1.54, 1.807) is 38.5 Å². The number of allylic oxidation sites excluding steroid dienone is 1. The summed E-state index contributed by atoms with van der Waals surface area (Å²) in [6.07, 6.45) is 1.71. The molecule has 0 N–H and O–H groups in total. The Morgan fingerprint density at radius 1 is 0.862 bits per heavy atom. The first-order valence-electron chi connectivity index (χ1n) is 9.14. The maximum Gasteiger partial charge on any atom is 0.231 e. The van der Waals surface area contributed by atoms with Crippen molar-refractivity contribution >= 4 is 11.9 Å². The average molecular weight is 388 g/mol. The lowest BCUT2D eigenvalue weighted by Crippen LogP contribution is -1.98. The molecule has 0 atom stereocenters. The van der Waals surface area contributed by atoms with E-state index >= 15 is 0 Å². The van der Waals surface area contributed by atoms with E-state index in [4.69, 9.17) is 18.9 Å². The van der Waals surface area contributed by atoms with E-state index in [-0.39, 0.29) is 11.5 Å². The van der Waals surface area contributed by atoms with Gasteiger partial charge in [-0.25, -0.2) is 0 Å². The maximum atomic E-state index is 12.6. The molecule has 3 aromatic carbocycles. The van der Waals surface area contributed by atoms with Gasteiger partial charge >= 0.3 is 0 Å². The summed E-state index contributed by atoms with van der Waals surface area (Å²) in [5.41, 5.74) is 2.34. The fourth-order valence-electron chi connectivity index (χ4n) is 3.07. The van der Waals surface area contributed by atoms with Crippen LogP contribution in [0, 0.1) is 0 Å². The smallest absolute Gasteiger partial charge is 0.231 e. The van der Waals surface area contributed by atoms with Crippen LogP contribution in [0.3, 0.4) is 0 Å². The van der Waals surface area contributed by atoms with Crippen molar-refractivity contribution in [2.45, 2.75) is 6.61 Å². The second-order valence-electron chi connectivity index (χ2n) is 6.51. The number of carbonyl (C=O) groups is 1. The lowest BCUT2D eigenvalue weighted by atomic mass is 10.1. The van der Waals surface area contributed by atoms with E-state index in [0.717, 1.165) is 22.6 Å². The van der Waals surface area contributed by atoms with Gasteiger partial charge in [0.05, 0.1) is 19.8 Å². The monoisotopic (exact) mass is 388 g/mol. The Morgan fingerprint density at radius 2 is 1.62 bits per heavy atom. The summed E-state index contributed by atoms with van der Waals surface area (Å²) < 4.78 is 22.1. The van der Waals surface area contributed by atoms with Crippen LogP contribution in [0.5, 0.6) is 23.0 Å². The number of ether oxygens (including phenoxy) is 4. The average Bonchev–Trinajstić information content (AvgIpc) is 3.07. The molecule has 0 saturated carbocycles. The molecule has 29 heavy (non-hydrogen) atoms. The quantitative estimate of drug-likeness (QED) is 0.562. The third-order valence-corrected chi connectivity index (χ3v) is 4.57. The summed E-state index contributed by atoms with van der Waals surface area (Å²) in [6.45, 7) is 0.385. The molecule has 0 aromatic heterocycles. The molecule has 1 aliphatic heterocycles. The summed E-state index contributed by atoms with van der Waals surface area (Å²) in [4.78, 5) is 12.6. The van der Waals surface area contributed by atoms with Gasteiger partial charge in [-0.2, -0.15) is 0 Å². The van der Waals surface area contributed by atoms with Crippen molar-refractivity contribution in [1.82, 2.24) is 0 Å². The van der Waals surface area contributed by atoms with Crippen LogP contribution < -0.4 is 18.9 Å². The van der Waals surface area contributed by atoms with Crippen LogP contribution in [0.15, 0.2) is 72.5 Å². The molecular weight excluding hydrogens is 368 g/mol. The molecule has 5 nitrogen and oxygen atoms in total. The number of rotatable bonds is 6. The van der Waals surface area contributed by atoms with Crippen LogP contribution in [-0.2, 0) is 6.61 Å². The van der Waals surface area contributed by atoms with Crippen molar-refractivity contribution in [3.63, 3.8) is 0 Å². The normalized spacial score (nSPS) is 13.7. The van der Waals surface area contributed by atoms with E-state index in [0.29, 0.717) is 23.7 Å². The van der Waals surface area contributed by atoms with Crippen molar-refractivity contribution in [2.24, 2.45) is 0 Å². The van der Waals surface area contributed by atoms with Gasteiger partial charge < -0.3 is 18.9 Å². The topological polar surface area (TPSA) is 54.0 Å². The highest BCUT2D eigenvalue weighted by Crippen LogP contribution is 2.35. The molecule has 0 radical (unpaired) electrons. The zero-order valence-electron chi connectivity index (χ0n) is 16.2. The highest BCUT2D eigenvalue weighted by molar-refractivity contribution is 6.14. The van der Waals surface area contributed by atoms with Gasteiger partial charge in [0.25, 0.3) is 0 Å². The largest absolute Gasteiger partial charge is 0.497 e. The molecule has 0 spiro atoms. The molecule has 1 heterocycles. The zero-order chi connectivity index (χ0) is 20.2. The molecule has 0 saturated heterocycles. The SMILES string of the molecule is COc1cccc(/C=C2\Oc3cc(OCc4cccc(OC)c4)ccc3C2=O)c1. The molecule has 146 valence electrons. The van der Waals surface area contributed by atoms with Crippen molar-refractivity contribution in [3.8, 4) is 23.0 Å². The highest BCUT2D eigenvalue weighted by atomic mass is 16.5. The number of carbonyl (C=O) groups excluding carboxylic acids is 1. The van der Waals surface area contributed by atoms with Gasteiger partial charge in [0.1, 0.15) is 29.6 Å². The standard InChI is InChI=1S/C24H20O5/c1-26-18-7-3-5-16(11-18)13-23-24(25)21-10-9-20(14-22(21)29-23)28-15-17-6-4-8-19(12-17)27-2/h3-14H,15H2,1-2H3/b23-13-. The number of methoxy groups -OCH3 is 2. The van der Waals surface area contributed by atoms with E-state index in [1.165, 1.54) is 0 Å². The van der Waals surface area contributed by atoms with Crippen LogP contribution in [0.25, 0.3) is 6.08 Å². The first-order valence-corrected chi connectivity index (χ1v) is 9.14. The van der Waals surface area contributed by atoms with Gasteiger partial charge in [0, 0.05) is 6.07 Å². The lowest BCUT2D eigenvalue weighted by molar-refractivity contribution is 0.101. The van der Waals surface area contributed by atoms with E-state index in [2.05, 4.69) is 0 Å². The maximum absolute atomic E-state index is 12.6. The van der Waals surface area contributed by atoms with Crippen molar-refractivity contribution in [2.75, 3.05) is 14.2 Å². The van der Waals surface area contributed by atoms with E-state index < -0.39 is 0 Å². The molecule has 0 amide bonds. The first-order chi connectivity index (χ1) is 14.2. The Morgan fingerprint density at radius 3 is 2.41 bits per heavy atom. The second kappa shape index (κ2) is 8.10. The number of fused-ring (bicyclic) bond motifs is 1. The van der Waals surface area contributed by atoms with Crippen LogP contribution in [0.4, 0.5) is 0 Å². The minimum atomic E-state index is -0.151. The minimum Gasteiger partial charge on any atom is -0.497 e. The van der Waals surface area contributed by atoms with Gasteiger partial charge in [-0.1, -0.05) is 24.3 Å². The predicted octanol–water partition coefficient (Wildman–Crippen LogP) is 4.90. The van der Waals surface area contributed by atoms with Gasteiger partial charge in [0.2, 0.25) is 5.78 Å². The zero-order valence-corrected chi connectivity index (χ0v) is 16.2. The molecule has 0 unspecified atom stereocenters. The Kier molecular flexibility index (Phi) is 5.20. The molecule has 0 aliphatic carbocycles. The molecule has 1 aliphatic rings. The number of Topliss-reactive ketones (excluding diaryl/α,β-unsaturated/α-hetero) is 1. The molecule has 0 fully saturated rings. The van der Waals surface area contributed by atoms with Crippen LogP contribution in [0.1, 0.15) is 21.5 Å². The van der Waals surface area contributed by atoms with Crippen molar-refractivity contribution < 1.29 is 23.7 Å². The Balaban J connectivity index is 1.50. The number of ketones is 1. The van der Waals surface area contributed by atoms with E-state index in [1.807, 2.05) is 48.5 Å². The van der Waals surface area contributed by atoms with E-state index in [9.17, 15) is 4.79 Å². The summed E-state index contributed by atoms with van der Waals surface area (Å²) in [7, 11) is 3.23. The summed E-state index contributed by atoms with van der Waals surface area (Å²) in [5, 5.41) is 0.